The number of aromatic nitrogens is 2. The summed E-state index contributed by atoms with van der Waals surface area (Å²) < 4.78 is 26.5. The quantitative estimate of drug-likeness (QED) is 0.384. The highest BCUT2D eigenvalue weighted by atomic mass is 35.5. The Kier molecular flexibility index (Phi) is 9.00. The summed E-state index contributed by atoms with van der Waals surface area (Å²) in [6.45, 7) is 3.24. The summed E-state index contributed by atoms with van der Waals surface area (Å²) in [5, 5.41) is 14.3. The summed E-state index contributed by atoms with van der Waals surface area (Å²) >= 11 is 2.38. The first-order valence-corrected chi connectivity index (χ1v) is 12.7. The van der Waals surface area contributed by atoms with Gasteiger partial charge in [0.25, 0.3) is 5.56 Å². The highest BCUT2D eigenvalue weighted by Gasteiger charge is 2.31. The zero-order valence-electron chi connectivity index (χ0n) is 17.3. The largest absolute Gasteiger partial charge is 0.480 e. The van der Waals surface area contributed by atoms with Crippen molar-refractivity contribution in [2.24, 2.45) is 5.73 Å². The summed E-state index contributed by atoms with van der Waals surface area (Å²) in [5.74, 6) is -1.26. The van der Waals surface area contributed by atoms with Gasteiger partial charge in [0.15, 0.2) is 0 Å². The number of carboxylic acid groups (broad SMARTS) is 1. The van der Waals surface area contributed by atoms with Crippen molar-refractivity contribution in [2.75, 3.05) is 13.2 Å². The maximum absolute atomic E-state index is 13.2. The van der Waals surface area contributed by atoms with Crippen molar-refractivity contribution in [2.45, 2.75) is 33.0 Å². The Morgan fingerprint density at radius 2 is 1.88 bits per heavy atom. The Morgan fingerprint density at radius 1 is 1.22 bits per heavy atom. The molecule has 0 aliphatic heterocycles. The Balaban J connectivity index is 0.00000363. The fraction of sp³-hybridized carbons (Fsp3) is 0.389. The van der Waals surface area contributed by atoms with E-state index >= 15 is 0 Å². The fourth-order valence-electron chi connectivity index (χ4n) is 3.08. The second-order valence-electron chi connectivity index (χ2n) is 6.48. The van der Waals surface area contributed by atoms with E-state index in [0.717, 1.165) is 15.9 Å². The smallest absolute Gasteiger partial charge is 0.371 e. The topological polar surface area (TPSA) is 143 Å². The minimum atomic E-state index is -3.61. The van der Waals surface area contributed by atoms with Gasteiger partial charge in [0, 0.05) is 10.8 Å². The number of rotatable bonds is 10. The van der Waals surface area contributed by atoms with Crippen molar-refractivity contribution in [3.63, 3.8) is 0 Å². The van der Waals surface area contributed by atoms with E-state index in [1.54, 1.807) is 36.1 Å². The Bertz CT molecular complexity index is 1260. The predicted molar refractivity (Wildman–Crippen MR) is 127 cm³/mol. The zero-order valence-corrected chi connectivity index (χ0v) is 20.6. The third-order valence-electron chi connectivity index (χ3n) is 4.47. The summed E-state index contributed by atoms with van der Waals surface area (Å²) in [6.07, 6.45) is 0. The summed E-state index contributed by atoms with van der Waals surface area (Å²) in [4.78, 5) is 37.4. The van der Waals surface area contributed by atoms with Crippen molar-refractivity contribution in [3.8, 4) is 0 Å². The van der Waals surface area contributed by atoms with Crippen LogP contribution in [0.1, 0.15) is 19.4 Å². The molecule has 10 nitrogen and oxygen atoms in total. The molecule has 3 N–H and O–H groups in total. The third kappa shape index (κ3) is 5.07. The third-order valence-corrected chi connectivity index (χ3v) is 8.92. The SMILES string of the molecule is CCOP(=O)(OCC)c1sccc1Cn1c(=O)c2cscc2n(C[C@H](N)C(=O)O)c1=O.Cl. The maximum Gasteiger partial charge on any atom is 0.371 e. The molecule has 0 fully saturated rings. The molecule has 14 heteroatoms. The lowest BCUT2D eigenvalue weighted by atomic mass is 10.3. The van der Waals surface area contributed by atoms with Gasteiger partial charge in [-0.15, -0.1) is 35.1 Å². The number of nitrogens with zero attached hydrogens (tertiary/aromatic N) is 2. The van der Waals surface area contributed by atoms with Crippen LogP contribution in [0.25, 0.3) is 10.9 Å². The maximum atomic E-state index is 13.2. The Hall–Kier alpha value is -1.79. The minimum Gasteiger partial charge on any atom is -0.480 e. The van der Waals surface area contributed by atoms with Crippen LogP contribution in [0.4, 0.5) is 0 Å². The van der Waals surface area contributed by atoms with E-state index in [1.807, 2.05) is 0 Å². The van der Waals surface area contributed by atoms with E-state index < -0.39 is 30.9 Å². The number of thiophene rings is 2. The molecule has 0 saturated carbocycles. The summed E-state index contributed by atoms with van der Waals surface area (Å²) in [5.41, 5.74) is 5.19. The number of carbonyl (C=O) groups is 1. The molecule has 3 heterocycles. The molecule has 1 atom stereocenters. The van der Waals surface area contributed by atoms with Crippen LogP contribution < -0.4 is 21.6 Å². The van der Waals surface area contributed by atoms with E-state index in [9.17, 15) is 18.9 Å². The van der Waals surface area contributed by atoms with Crippen molar-refractivity contribution in [3.05, 3.63) is 48.6 Å². The molecule has 32 heavy (non-hydrogen) atoms. The Morgan fingerprint density at radius 3 is 2.47 bits per heavy atom. The number of hydrogen-bond donors (Lipinski definition) is 2. The highest BCUT2D eigenvalue weighted by Crippen LogP contribution is 2.49. The van der Waals surface area contributed by atoms with Crippen molar-refractivity contribution < 1.29 is 23.5 Å². The van der Waals surface area contributed by atoms with Gasteiger partial charge < -0.3 is 19.9 Å². The number of carboxylic acids is 1. The molecule has 0 aliphatic rings. The highest BCUT2D eigenvalue weighted by molar-refractivity contribution is 7.68. The first-order valence-electron chi connectivity index (χ1n) is 9.37. The molecule has 0 saturated heterocycles. The molecule has 0 aliphatic carbocycles. The summed E-state index contributed by atoms with van der Waals surface area (Å²) in [7, 11) is -3.61. The van der Waals surface area contributed by atoms with Crippen LogP contribution in [0.15, 0.2) is 31.8 Å². The van der Waals surface area contributed by atoms with Gasteiger partial charge >= 0.3 is 19.3 Å². The van der Waals surface area contributed by atoms with Crippen LogP contribution >= 0.6 is 42.7 Å². The summed E-state index contributed by atoms with van der Waals surface area (Å²) in [6, 6.07) is 0.335. The van der Waals surface area contributed by atoms with Gasteiger partial charge in [-0.2, -0.15) is 0 Å². The molecule has 0 bridgehead atoms. The van der Waals surface area contributed by atoms with Gasteiger partial charge in [-0.3, -0.25) is 23.3 Å². The van der Waals surface area contributed by atoms with Gasteiger partial charge in [-0.1, -0.05) is 0 Å². The first kappa shape index (κ1) is 26.5. The van der Waals surface area contributed by atoms with Crippen LogP contribution in [0.2, 0.25) is 0 Å². The molecule has 3 rings (SSSR count). The molecule has 0 amide bonds. The van der Waals surface area contributed by atoms with Gasteiger partial charge in [0.05, 0.1) is 37.2 Å². The lowest BCUT2D eigenvalue weighted by molar-refractivity contribution is -0.138. The molecule has 176 valence electrons. The van der Waals surface area contributed by atoms with Crippen molar-refractivity contribution >= 4 is 64.2 Å². The first-order chi connectivity index (χ1) is 14.7. The number of nitrogens with two attached hydrogens (primary N) is 1. The van der Waals surface area contributed by atoms with Gasteiger partial charge in [0.2, 0.25) is 0 Å². The van der Waals surface area contributed by atoms with Crippen molar-refractivity contribution in [1.29, 1.82) is 0 Å². The zero-order chi connectivity index (χ0) is 22.8. The minimum absolute atomic E-state index is 0. The second kappa shape index (κ2) is 10.9. The van der Waals surface area contributed by atoms with Crippen LogP contribution in [0, 0.1) is 0 Å². The number of hydrogen-bond acceptors (Lipinski definition) is 9. The average molecular weight is 524 g/mol. The predicted octanol–water partition coefficient (Wildman–Crippen LogP) is 2.06. The van der Waals surface area contributed by atoms with Crippen LogP contribution in [0.3, 0.4) is 0 Å². The molecule has 3 aromatic rings. The standard InChI is InChI=1S/C18H22N3O7PS2.ClH/c1-3-27-29(26,28-4-2)17-11(5-6-31-17)7-21-15(22)12-9-30-10-14(12)20(18(21)25)8-13(19)16(23)24;/h5-6,9-10,13H,3-4,7-8,19H2,1-2H3,(H,23,24);1H/t13-;/m0./s1. The number of aliphatic carboxylic acids is 1. The van der Waals surface area contributed by atoms with Crippen molar-refractivity contribution in [1.82, 2.24) is 9.13 Å². The normalized spacial score (nSPS) is 12.6. The molecular weight excluding hydrogens is 501 g/mol. The molecular formula is C18H23ClN3O7PS2. The van der Waals surface area contributed by atoms with Gasteiger partial charge in [0.1, 0.15) is 10.7 Å². The monoisotopic (exact) mass is 523 g/mol. The van der Waals surface area contributed by atoms with E-state index in [1.165, 1.54) is 15.9 Å². The van der Waals surface area contributed by atoms with E-state index in [4.69, 9.17) is 19.9 Å². The lowest BCUT2D eigenvalue weighted by Gasteiger charge is -2.18. The molecule has 0 radical (unpaired) electrons. The molecule has 3 aromatic heterocycles. The second-order valence-corrected chi connectivity index (χ2v) is 10.4. The molecule has 0 unspecified atom stereocenters. The van der Waals surface area contributed by atoms with Crippen LogP contribution in [-0.4, -0.2) is 39.5 Å². The number of fused-ring (bicyclic) bond motifs is 1. The Labute approximate surface area is 197 Å². The van der Waals surface area contributed by atoms with E-state index in [0.29, 0.717) is 15.7 Å². The van der Waals surface area contributed by atoms with E-state index in [2.05, 4.69) is 0 Å². The molecule has 0 aromatic carbocycles. The van der Waals surface area contributed by atoms with Gasteiger partial charge in [-0.05, 0) is 30.9 Å². The van der Waals surface area contributed by atoms with E-state index in [-0.39, 0.29) is 44.1 Å². The molecule has 0 spiro atoms. The lowest BCUT2D eigenvalue weighted by Crippen LogP contribution is -2.45. The van der Waals surface area contributed by atoms with Gasteiger partial charge in [-0.25, -0.2) is 4.79 Å². The average Bonchev–Trinajstić information content (AvgIpc) is 3.38. The number of halogens is 1. The van der Waals surface area contributed by atoms with Crippen LogP contribution in [0.5, 0.6) is 0 Å². The van der Waals surface area contributed by atoms with Crippen LogP contribution in [-0.2, 0) is 31.5 Å². The fourth-order valence-corrected chi connectivity index (χ4v) is 7.04.